The van der Waals surface area contributed by atoms with Gasteiger partial charge >= 0.3 is 5.97 Å². The SMILES string of the molecule is CCCCC(NC(C)=O)C(=O)OC1C(C)CC(C)CC1C. The minimum Gasteiger partial charge on any atom is -0.460 e. The van der Waals surface area contributed by atoms with Crippen molar-refractivity contribution in [2.75, 3.05) is 0 Å². The molecule has 1 fully saturated rings. The minimum absolute atomic E-state index is 0.0217. The summed E-state index contributed by atoms with van der Waals surface area (Å²) in [5.74, 6) is 1.02. The highest BCUT2D eigenvalue weighted by Crippen LogP contribution is 2.35. The van der Waals surface area contributed by atoms with E-state index in [1.54, 1.807) is 0 Å². The van der Waals surface area contributed by atoms with Gasteiger partial charge < -0.3 is 10.1 Å². The number of carbonyl (C=O) groups excluding carboxylic acids is 2. The van der Waals surface area contributed by atoms with Gasteiger partial charge in [-0.05, 0) is 37.0 Å². The number of carbonyl (C=O) groups is 2. The molecule has 1 N–H and O–H groups in total. The summed E-state index contributed by atoms with van der Waals surface area (Å²) in [7, 11) is 0. The fourth-order valence-corrected chi connectivity index (χ4v) is 3.55. The monoisotopic (exact) mass is 297 g/mol. The molecule has 1 aliphatic carbocycles. The van der Waals surface area contributed by atoms with Crippen LogP contribution in [0.3, 0.4) is 0 Å². The molecule has 21 heavy (non-hydrogen) atoms. The first-order chi connectivity index (χ1) is 9.85. The average molecular weight is 297 g/mol. The molecular weight excluding hydrogens is 266 g/mol. The molecular formula is C17H31NO3. The number of rotatable bonds is 6. The highest BCUT2D eigenvalue weighted by molar-refractivity contribution is 5.83. The predicted octanol–water partition coefficient (Wildman–Crippen LogP) is 3.30. The Bertz CT molecular complexity index is 344. The summed E-state index contributed by atoms with van der Waals surface area (Å²) in [6, 6.07) is -0.499. The first-order valence-corrected chi connectivity index (χ1v) is 8.32. The number of amides is 1. The van der Waals surface area contributed by atoms with Crippen molar-refractivity contribution in [3.05, 3.63) is 0 Å². The van der Waals surface area contributed by atoms with Crippen LogP contribution < -0.4 is 5.32 Å². The van der Waals surface area contributed by atoms with E-state index in [2.05, 4.69) is 33.0 Å². The van der Waals surface area contributed by atoms with Crippen LogP contribution in [0.15, 0.2) is 0 Å². The Labute approximate surface area is 129 Å². The predicted molar refractivity (Wildman–Crippen MR) is 83.7 cm³/mol. The molecule has 3 unspecified atom stereocenters. The van der Waals surface area contributed by atoms with E-state index in [0.29, 0.717) is 24.2 Å². The van der Waals surface area contributed by atoms with Gasteiger partial charge in [0, 0.05) is 6.92 Å². The van der Waals surface area contributed by atoms with Crippen LogP contribution in [0.4, 0.5) is 0 Å². The van der Waals surface area contributed by atoms with E-state index in [4.69, 9.17) is 4.74 Å². The smallest absolute Gasteiger partial charge is 0.328 e. The quantitative estimate of drug-likeness (QED) is 0.765. The van der Waals surface area contributed by atoms with Crippen LogP contribution in [0.25, 0.3) is 0 Å². The van der Waals surface area contributed by atoms with E-state index in [0.717, 1.165) is 25.7 Å². The van der Waals surface area contributed by atoms with Crippen molar-refractivity contribution < 1.29 is 14.3 Å². The summed E-state index contributed by atoms with van der Waals surface area (Å²) in [6.45, 7) is 10.1. The van der Waals surface area contributed by atoms with Gasteiger partial charge in [0.25, 0.3) is 0 Å². The largest absolute Gasteiger partial charge is 0.460 e. The van der Waals surface area contributed by atoms with E-state index in [9.17, 15) is 9.59 Å². The molecule has 1 aliphatic rings. The Morgan fingerprint density at radius 3 is 2.24 bits per heavy atom. The maximum atomic E-state index is 12.4. The molecule has 4 heteroatoms. The third-order valence-electron chi connectivity index (χ3n) is 4.43. The highest BCUT2D eigenvalue weighted by Gasteiger charge is 2.35. The number of esters is 1. The Morgan fingerprint density at radius 1 is 1.19 bits per heavy atom. The number of hydrogen-bond acceptors (Lipinski definition) is 3. The van der Waals surface area contributed by atoms with Gasteiger partial charge in [-0.1, -0.05) is 40.5 Å². The number of unbranched alkanes of at least 4 members (excludes halogenated alkanes) is 1. The lowest BCUT2D eigenvalue weighted by Gasteiger charge is -2.37. The summed E-state index contributed by atoms with van der Waals surface area (Å²) < 4.78 is 5.77. The molecule has 0 radical (unpaired) electrons. The molecule has 1 amide bonds. The molecule has 0 aromatic rings. The van der Waals surface area contributed by atoms with Gasteiger partial charge in [-0.3, -0.25) is 4.79 Å². The molecule has 4 nitrogen and oxygen atoms in total. The highest BCUT2D eigenvalue weighted by atomic mass is 16.5. The Hall–Kier alpha value is -1.06. The lowest BCUT2D eigenvalue weighted by molar-refractivity contribution is -0.161. The zero-order valence-electron chi connectivity index (χ0n) is 14.1. The molecule has 1 saturated carbocycles. The average Bonchev–Trinajstić information content (AvgIpc) is 2.38. The summed E-state index contributed by atoms with van der Waals surface area (Å²) in [5, 5.41) is 2.73. The van der Waals surface area contributed by atoms with E-state index in [-0.39, 0.29) is 18.0 Å². The molecule has 0 aromatic carbocycles. The third kappa shape index (κ3) is 5.68. The zero-order chi connectivity index (χ0) is 16.0. The summed E-state index contributed by atoms with van der Waals surface area (Å²) in [4.78, 5) is 23.7. The molecule has 0 bridgehead atoms. The summed E-state index contributed by atoms with van der Waals surface area (Å²) >= 11 is 0. The normalized spacial score (nSPS) is 30.5. The second kappa shape index (κ2) is 8.40. The van der Waals surface area contributed by atoms with Crippen LogP contribution in [0, 0.1) is 17.8 Å². The van der Waals surface area contributed by atoms with Crippen molar-refractivity contribution in [2.24, 2.45) is 17.8 Å². The summed E-state index contributed by atoms with van der Waals surface area (Å²) in [6.07, 6.45) is 4.74. The van der Waals surface area contributed by atoms with Crippen LogP contribution in [0.1, 0.15) is 66.7 Å². The van der Waals surface area contributed by atoms with E-state index >= 15 is 0 Å². The van der Waals surface area contributed by atoms with E-state index in [1.807, 2.05) is 0 Å². The van der Waals surface area contributed by atoms with Crippen LogP contribution in [0.5, 0.6) is 0 Å². The topological polar surface area (TPSA) is 55.4 Å². The van der Waals surface area contributed by atoms with Crippen molar-refractivity contribution in [3.63, 3.8) is 0 Å². The van der Waals surface area contributed by atoms with Gasteiger partial charge in [-0.2, -0.15) is 0 Å². The standard InChI is InChI=1S/C17H31NO3/c1-6-7-8-15(18-14(5)19)17(20)21-16-12(3)9-11(2)10-13(16)4/h11-13,15-16H,6-10H2,1-5H3,(H,18,19). The van der Waals surface area contributed by atoms with Crippen LogP contribution in [-0.2, 0) is 14.3 Å². The zero-order valence-corrected chi connectivity index (χ0v) is 14.1. The minimum atomic E-state index is -0.499. The Morgan fingerprint density at radius 2 is 1.76 bits per heavy atom. The second-order valence-corrected chi connectivity index (χ2v) is 6.83. The van der Waals surface area contributed by atoms with E-state index in [1.165, 1.54) is 6.92 Å². The molecule has 3 atom stereocenters. The first kappa shape index (κ1) is 18.0. The molecule has 122 valence electrons. The molecule has 0 saturated heterocycles. The van der Waals surface area contributed by atoms with Crippen molar-refractivity contribution in [2.45, 2.75) is 78.9 Å². The maximum absolute atomic E-state index is 12.4. The first-order valence-electron chi connectivity index (χ1n) is 8.32. The number of nitrogens with one attached hydrogen (secondary N) is 1. The third-order valence-corrected chi connectivity index (χ3v) is 4.43. The molecule has 1 rings (SSSR count). The lowest BCUT2D eigenvalue weighted by atomic mass is 9.75. The molecule has 0 heterocycles. The number of ether oxygens (including phenoxy) is 1. The van der Waals surface area contributed by atoms with Gasteiger partial charge in [0.15, 0.2) is 0 Å². The number of hydrogen-bond donors (Lipinski definition) is 1. The lowest BCUT2D eigenvalue weighted by Crippen LogP contribution is -2.45. The van der Waals surface area contributed by atoms with Crippen molar-refractivity contribution >= 4 is 11.9 Å². The van der Waals surface area contributed by atoms with Crippen molar-refractivity contribution in [1.29, 1.82) is 0 Å². The Balaban J connectivity index is 2.64. The second-order valence-electron chi connectivity index (χ2n) is 6.83. The molecule has 0 aliphatic heterocycles. The van der Waals surface area contributed by atoms with Gasteiger partial charge in [0.1, 0.15) is 12.1 Å². The maximum Gasteiger partial charge on any atom is 0.328 e. The van der Waals surface area contributed by atoms with E-state index < -0.39 is 6.04 Å². The van der Waals surface area contributed by atoms with Crippen LogP contribution in [-0.4, -0.2) is 24.0 Å². The van der Waals surface area contributed by atoms with Crippen LogP contribution in [0.2, 0.25) is 0 Å². The van der Waals surface area contributed by atoms with Gasteiger partial charge in [-0.15, -0.1) is 0 Å². The van der Waals surface area contributed by atoms with Gasteiger partial charge in [0.05, 0.1) is 0 Å². The van der Waals surface area contributed by atoms with Crippen molar-refractivity contribution in [1.82, 2.24) is 5.32 Å². The summed E-state index contributed by atoms with van der Waals surface area (Å²) in [5.41, 5.74) is 0. The van der Waals surface area contributed by atoms with Gasteiger partial charge in [-0.25, -0.2) is 4.79 Å². The fraction of sp³-hybridized carbons (Fsp3) is 0.882. The van der Waals surface area contributed by atoms with Crippen molar-refractivity contribution in [3.8, 4) is 0 Å². The molecule has 0 spiro atoms. The van der Waals surface area contributed by atoms with Gasteiger partial charge in [0.2, 0.25) is 5.91 Å². The fourth-order valence-electron chi connectivity index (χ4n) is 3.55. The Kier molecular flexibility index (Phi) is 7.20. The molecule has 0 aromatic heterocycles. The van der Waals surface area contributed by atoms with Crippen LogP contribution >= 0.6 is 0 Å².